The van der Waals surface area contributed by atoms with Crippen LogP contribution in [0, 0.1) is 0 Å². The van der Waals surface area contributed by atoms with Crippen LogP contribution in [0.25, 0.3) is 0 Å². The molecule has 0 unspecified atom stereocenters. The molecule has 0 aromatic rings. The maximum Gasteiger partial charge on any atom is 0.397 e. The monoisotopic (exact) mass is 418 g/mol. The van der Waals surface area contributed by atoms with E-state index in [-0.39, 0.29) is 19.8 Å². The van der Waals surface area contributed by atoms with E-state index in [1.54, 1.807) is 0 Å². The van der Waals surface area contributed by atoms with Crippen molar-refractivity contribution >= 4 is 10.4 Å². The molecule has 0 heterocycles. The van der Waals surface area contributed by atoms with Gasteiger partial charge in [0.25, 0.3) is 0 Å². The van der Waals surface area contributed by atoms with Crippen molar-refractivity contribution in [2.24, 2.45) is 0 Å². The zero-order valence-electron chi connectivity index (χ0n) is 17.4. The van der Waals surface area contributed by atoms with Gasteiger partial charge in [-0.15, -0.1) is 0 Å². The summed E-state index contributed by atoms with van der Waals surface area (Å²) in [6.07, 6.45) is 9.05. The lowest BCUT2D eigenvalue weighted by atomic mass is 10.1. The van der Waals surface area contributed by atoms with E-state index in [9.17, 15) is 8.42 Å². The average molecular weight is 419 g/mol. The van der Waals surface area contributed by atoms with Gasteiger partial charge in [0.15, 0.2) is 0 Å². The maximum absolute atomic E-state index is 10.2. The first-order valence-electron chi connectivity index (χ1n) is 9.88. The molecule has 0 saturated carbocycles. The van der Waals surface area contributed by atoms with Crippen molar-refractivity contribution in [3.8, 4) is 0 Å². The number of ether oxygens (including phenoxy) is 2. The summed E-state index contributed by atoms with van der Waals surface area (Å²) in [4.78, 5) is 0. The summed E-state index contributed by atoms with van der Waals surface area (Å²) in [5, 5.41) is 16.2. The van der Waals surface area contributed by atoms with Gasteiger partial charge in [0.2, 0.25) is 0 Å². The summed E-state index contributed by atoms with van der Waals surface area (Å²) in [7, 11) is -4.23. The highest BCUT2D eigenvalue weighted by molar-refractivity contribution is 7.80. The Balaban J connectivity index is -0.000000396. The van der Waals surface area contributed by atoms with Gasteiger partial charge >= 0.3 is 10.4 Å². The molecule has 9 heteroatoms. The zero-order chi connectivity index (χ0) is 21.2. The van der Waals surface area contributed by atoms with Crippen LogP contribution >= 0.6 is 0 Å². The molecule has 0 amide bonds. The van der Waals surface area contributed by atoms with Gasteiger partial charge in [-0.25, -0.2) is 4.18 Å². The molecule has 0 fully saturated rings. The van der Waals surface area contributed by atoms with E-state index in [1.165, 1.54) is 32.1 Å². The van der Waals surface area contributed by atoms with E-state index < -0.39 is 10.4 Å². The molecule has 27 heavy (non-hydrogen) atoms. The van der Waals surface area contributed by atoms with Gasteiger partial charge in [0, 0.05) is 13.2 Å². The molecule has 0 aliphatic carbocycles. The van der Waals surface area contributed by atoms with E-state index in [1.807, 2.05) is 13.8 Å². The highest BCUT2D eigenvalue weighted by Crippen LogP contribution is 2.08. The van der Waals surface area contributed by atoms with Crippen LogP contribution < -0.4 is 0 Å². The minimum absolute atomic E-state index is 0.0278. The third kappa shape index (κ3) is 46.1. The number of aliphatic hydroxyl groups excluding tert-OH is 2. The van der Waals surface area contributed by atoms with Crippen molar-refractivity contribution in [3.63, 3.8) is 0 Å². The van der Waals surface area contributed by atoms with E-state index >= 15 is 0 Å². The number of unbranched alkanes of at least 4 members (excludes halogenated alkanes) is 7. The van der Waals surface area contributed by atoms with Crippen LogP contribution in [0.15, 0.2) is 0 Å². The summed E-state index contributed by atoms with van der Waals surface area (Å²) in [5.41, 5.74) is 0. The molecule has 0 aliphatic rings. The van der Waals surface area contributed by atoms with Gasteiger partial charge in [0.05, 0.1) is 33.0 Å². The molecule has 0 bridgehead atoms. The fourth-order valence-corrected chi connectivity index (χ4v) is 2.16. The lowest BCUT2D eigenvalue weighted by Gasteiger charge is -2.01. The number of hydrogen-bond acceptors (Lipinski definition) is 7. The summed E-state index contributed by atoms with van der Waals surface area (Å²) < 4.78 is 42.3. The van der Waals surface area contributed by atoms with Gasteiger partial charge < -0.3 is 19.7 Å². The first kappa shape index (κ1) is 31.4. The third-order valence-electron chi connectivity index (χ3n) is 3.11. The van der Waals surface area contributed by atoms with Crippen molar-refractivity contribution in [2.45, 2.75) is 72.1 Å². The van der Waals surface area contributed by atoms with Gasteiger partial charge in [-0.05, 0) is 20.3 Å². The maximum atomic E-state index is 10.2. The van der Waals surface area contributed by atoms with Crippen LogP contribution in [0.2, 0.25) is 0 Å². The molecular formula is C18H42O8S. The first-order valence-corrected chi connectivity index (χ1v) is 11.2. The topological polar surface area (TPSA) is 123 Å². The van der Waals surface area contributed by atoms with Crippen molar-refractivity contribution < 1.29 is 36.8 Å². The fourth-order valence-electron chi connectivity index (χ4n) is 1.84. The van der Waals surface area contributed by atoms with E-state index in [2.05, 4.69) is 15.8 Å². The Hall–Kier alpha value is -0.290. The highest BCUT2D eigenvalue weighted by atomic mass is 32.3. The van der Waals surface area contributed by atoms with Crippen LogP contribution in [0.4, 0.5) is 0 Å². The minimum atomic E-state index is -4.23. The van der Waals surface area contributed by atoms with Crippen molar-refractivity contribution in [1.82, 2.24) is 0 Å². The van der Waals surface area contributed by atoms with Crippen LogP contribution in [-0.4, -0.2) is 69.4 Å². The fraction of sp³-hybridized carbons (Fsp3) is 1.00. The van der Waals surface area contributed by atoms with Gasteiger partial charge in [0.1, 0.15) is 0 Å². The molecule has 0 saturated heterocycles. The predicted molar refractivity (Wildman–Crippen MR) is 107 cm³/mol. The third-order valence-corrected chi connectivity index (χ3v) is 3.57. The van der Waals surface area contributed by atoms with Crippen LogP contribution in [0.3, 0.4) is 0 Å². The van der Waals surface area contributed by atoms with Crippen molar-refractivity contribution in [3.05, 3.63) is 0 Å². The molecule has 0 aromatic carbocycles. The summed E-state index contributed by atoms with van der Waals surface area (Å²) in [6.45, 7) is 8.64. The quantitative estimate of drug-likeness (QED) is 0.258. The first-order chi connectivity index (χ1) is 12.9. The Labute approximate surface area is 166 Å². The van der Waals surface area contributed by atoms with Crippen molar-refractivity contribution in [2.75, 3.05) is 46.2 Å². The molecule has 0 spiro atoms. The van der Waals surface area contributed by atoms with Gasteiger partial charge in [-0.3, -0.25) is 4.55 Å². The Morgan fingerprint density at radius 2 is 1.11 bits per heavy atom. The Morgan fingerprint density at radius 1 is 0.667 bits per heavy atom. The van der Waals surface area contributed by atoms with E-state index in [0.717, 1.165) is 26.1 Å². The van der Waals surface area contributed by atoms with Crippen LogP contribution in [0.5, 0.6) is 0 Å². The number of hydrogen-bond donors (Lipinski definition) is 3. The summed E-state index contributed by atoms with van der Waals surface area (Å²) in [5.74, 6) is 0. The Morgan fingerprint density at radius 3 is 1.44 bits per heavy atom. The minimum Gasteiger partial charge on any atom is -0.394 e. The summed E-state index contributed by atoms with van der Waals surface area (Å²) >= 11 is 0. The van der Waals surface area contributed by atoms with E-state index in [0.29, 0.717) is 19.6 Å². The molecule has 0 radical (unpaired) electrons. The van der Waals surface area contributed by atoms with Crippen molar-refractivity contribution in [1.29, 1.82) is 0 Å². The highest BCUT2D eigenvalue weighted by Gasteiger charge is 2.02. The van der Waals surface area contributed by atoms with Crippen LogP contribution in [-0.2, 0) is 24.1 Å². The summed E-state index contributed by atoms with van der Waals surface area (Å²) in [6, 6.07) is 0. The lowest BCUT2D eigenvalue weighted by molar-refractivity contribution is 0.0650. The SMILES string of the molecule is CCCCCCCCCCOS(=O)(=O)O.CCOCC.OCCOCCO. The number of rotatable bonds is 16. The second-order valence-electron chi connectivity index (χ2n) is 5.57. The van der Waals surface area contributed by atoms with Crippen LogP contribution in [0.1, 0.15) is 72.1 Å². The molecule has 0 aromatic heterocycles. The molecular weight excluding hydrogens is 376 g/mol. The van der Waals surface area contributed by atoms with Gasteiger partial charge in [-0.1, -0.05) is 51.9 Å². The van der Waals surface area contributed by atoms with E-state index in [4.69, 9.17) is 19.5 Å². The average Bonchev–Trinajstić information content (AvgIpc) is 2.62. The number of aliphatic hydroxyl groups is 2. The largest absolute Gasteiger partial charge is 0.397 e. The smallest absolute Gasteiger partial charge is 0.394 e. The second-order valence-corrected chi connectivity index (χ2v) is 6.66. The molecule has 8 nitrogen and oxygen atoms in total. The molecule has 0 rings (SSSR count). The predicted octanol–water partition coefficient (Wildman–Crippen LogP) is 2.98. The lowest BCUT2D eigenvalue weighted by Crippen LogP contribution is -2.04. The molecule has 168 valence electrons. The van der Waals surface area contributed by atoms with Gasteiger partial charge in [-0.2, -0.15) is 8.42 Å². The molecule has 3 N–H and O–H groups in total. The molecule has 0 atom stereocenters. The standard InChI is InChI=1S/C10H22O4S.C4H10O3.C4H10O/c1-2-3-4-5-6-7-8-9-10-14-15(11,12)13;5-1-3-7-4-2-6;1-3-5-4-2/h2-10H2,1H3,(H,11,12,13);5-6H,1-4H2;3-4H2,1-2H3. The normalized spacial score (nSPS) is 10.6. The molecule has 0 aliphatic heterocycles. The second kappa shape index (κ2) is 27.9. The Kier molecular flexibility index (Phi) is 32.5. The Bertz CT molecular complexity index is 330. The zero-order valence-corrected chi connectivity index (χ0v) is 18.2.